The van der Waals surface area contributed by atoms with Crippen LogP contribution in [0, 0.1) is 0 Å². The van der Waals surface area contributed by atoms with Crippen molar-refractivity contribution in [2.75, 3.05) is 0 Å². The molecule has 1 aromatic carbocycles. The van der Waals surface area contributed by atoms with Crippen molar-refractivity contribution in [2.45, 2.75) is 25.9 Å². The molecule has 0 atom stereocenters. The molecule has 0 aliphatic rings. The zero-order valence-electron chi connectivity index (χ0n) is 11.1. The van der Waals surface area contributed by atoms with Crippen LogP contribution in [0.2, 0.25) is 5.15 Å². The van der Waals surface area contributed by atoms with Crippen LogP contribution in [0.15, 0.2) is 30.6 Å². The number of aromatic nitrogens is 2. The Labute approximate surface area is 124 Å². The number of alkyl halides is 3. The lowest BCUT2D eigenvalue weighted by molar-refractivity contribution is -0.137. The highest BCUT2D eigenvalue weighted by molar-refractivity contribution is 6.30. The van der Waals surface area contributed by atoms with Crippen LogP contribution in [0.5, 0.6) is 11.6 Å². The van der Waals surface area contributed by atoms with Crippen LogP contribution in [0.25, 0.3) is 0 Å². The molecule has 0 amide bonds. The summed E-state index contributed by atoms with van der Waals surface area (Å²) in [7, 11) is 0. The van der Waals surface area contributed by atoms with Gasteiger partial charge in [0.25, 0.3) is 0 Å². The molecule has 21 heavy (non-hydrogen) atoms. The minimum atomic E-state index is -4.37. The number of ether oxygens (including phenoxy) is 1. The van der Waals surface area contributed by atoms with E-state index in [1.807, 2.05) is 6.92 Å². The summed E-state index contributed by atoms with van der Waals surface area (Å²) in [6.45, 7) is 1.96. The molecule has 0 fully saturated rings. The second-order valence-corrected chi connectivity index (χ2v) is 4.68. The van der Waals surface area contributed by atoms with E-state index in [1.165, 1.54) is 18.5 Å². The first kappa shape index (κ1) is 15.6. The molecule has 0 bridgehead atoms. The molecule has 0 spiro atoms. The van der Waals surface area contributed by atoms with Gasteiger partial charge in [-0.2, -0.15) is 13.2 Å². The SMILES string of the molecule is CCCc1c(Cl)ncnc1Oc1ccc(C(F)(F)F)cc1. The number of hydrogen-bond acceptors (Lipinski definition) is 3. The first-order chi connectivity index (χ1) is 9.91. The van der Waals surface area contributed by atoms with Gasteiger partial charge in [-0.25, -0.2) is 9.97 Å². The molecule has 2 aromatic rings. The summed E-state index contributed by atoms with van der Waals surface area (Å²) in [4.78, 5) is 7.86. The van der Waals surface area contributed by atoms with Gasteiger partial charge in [-0.1, -0.05) is 24.9 Å². The van der Waals surface area contributed by atoms with E-state index in [2.05, 4.69) is 9.97 Å². The molecule has 0 saturated carbocycles. The second kappa shape index (κ2) is 6.30. The third-order valence-electron chi connectivity index (χ3n) is 2.75. The Kier molecular flexibility index (Phi) is 4.67. The molecule has 3 nitrogen and oxygen atoms in total. The van der Waals surface area contributed by atoms with Gasteiger partial charge in [-0.05, 0) is 30.7 Å². The van der Waals surface area contributed by atoms with Crippen molar-refractivity contribution in [1.29, 1.82) is 0 Å². The third kappa shape index (κ3) is 3.85. The molecule has 7 heteroatoms. The molecule has 1 heterocycles. The standard InChI is InChI=1S/C14H12ClF3N2O/c1-2-3-11-12(15)19-8-20-13(11)21-10-6-4-9(5-7-10)14(16,17)18/h4-8H,2-3H2,1H3. The van der Waals surface area contributed by atoms with Crippen LogP contribution in [0.3, 0.4) is 0 Å². The Bertz CT molecular complexity index is 615. The van der Waals surface area contributed by atoms with Crippen LogP contribution in [0.4, 0.5) is 13.2 Å². The Morgan fingerprint density at radius 1 is 1.14 bits per heavy atom. The van der Waals surface area contributed by atoms with E-state index < -0.39 is 11.7 Å². The maximum atomic E-state index is 12.5. The number of halogens is 4. The van der Waals surface area contributed by atoms with Crippen molar-refractivity contribution >= 4 is 11.6 Å². The van der Waals surface area contributed by atoms with Gasteiger partial charge in [0.05, 0.1) is 11.1 Å². The average Bonchev–Trinajstić information content (AvgIpc) is 2.42. The van der Waals surface area contributed by atoms with Gasteiger partial charge < -0.3 is 4.74 Å². The number of rotatable bonds is 4. The summed E-state index contributed by atoms with van der Waals surface area (Å²) in [6.07, 6.45) is -1.68. The largest absolute Gasteiger partial charge is 0.439 e. The van der Waals surface area contributed by atoms with E-state index in [-0.39, 0.29) is 16.8 Å². The van der Waals surface area contributed by atoms with E-state index in [9.17, 15) is 13.2 Å². The highest BCUT2D eigenvalue weighted by Crippen LogP contribution is 2.32. The lowest BCUT2D eigenvalue weighted by Crippen LogP contribution is -2.04. The Morgan fingerprint density at radius 3 is 2.38 bits per heavy atom. The monoisotopic (exact) mass is 316 g/mol. The Hall–Kier alpha value is -1.82. The summed E-state index contributed by atoms with van der Waals surface area (Å²) in [6, 6.07) is 4.40. The quantitative estimate of drug-likeness (QED) is 0.753. The van der Waals surface area contributed by atoms with Crippen LogP contribution in [0.1, 0.15) is 24.5 Å². The summed E-state index contributed by atoms with van der Waals surface area (Å²) in [5.74, 6) is 0.520. The lowest BCUT2D eigenvalue weighted by atomic mass is 10.2. The van der Waals surface area contributed by atoms with Crippen LogP contribution in [-0.4, -0.2) is 9.97 Å². The Morgan fingerprint density at radius 2 is 1.81 bits per heavy atom. The van der Waals surface area contributed by atoms with E-state index in [4.69, 9.17) is 16.3 Å². The summed E-state index contributed by atoms with van der Waals surface area (Å²) < 4.78 is 43.0. The second-order valence-electron chi connectivity index (χ2n) is 4.32. The van der Waals surface area contributed by atoms with Crippen molar-refractivity contribution in [3.63, 3.8) is 0 Å². The van der Waals surface area contributed by atoms with Crippen molar-refractivity contribution < 1.29 is 17.9 Å². The molecule has 0 aliphatic carbocycles. The summed E-state index contributed by atoms with van der Waals surface area (Å²) in [5.41, 5.74) is -0.0917. The fourth-order valence-electron chi connectivity index (χ4n) is 1.75. The van der Waals surface area contributed by atoms with Gasteiger partial charge in [0.1, 0.15) is 17.2 Å². The minimum Gasteiger partial charge on any atom is -0.439 e. The zero-order valence-corrected chi connectivity index (χ0v) is 11.9. The number of nitrogens with zero attached hydrogens (tertiary/aromatic N) is 2. The third-order valence-corrected chi connectivity index (χ3v) is 3.08. The smallest absolute Gasteiger partial charge is 0.416 e. The summed E-state index contributed by atoms with van der Waals surface area (Å²) in [5, 5.41) is 0.286. The molecular formula is C14H12ClF3N2O. The first-order valence-electron chi connectivity index (χ1n) is 6.26. The van der Waals surface area contributed by atoms with Gasteiger partial charge in [0, 0.05) is 0 Å². The molecule has 0 N–H and O–H groups in total. The minimum absolute atomic E-state index is 0.259. The highest BCUT2D eigenvalue weighted by Gasteiger charge is 2.30. The normalized spacial score (nSPS) is 11.5. The highest BCUT2D eigenvalue weighted by atomic mass is 35.5. The lowest BCUT2D eigenvalue weighted by Gasteiger charge is -2.11. The van der Waals surface area contributed by atoms with E-state index in [0.29, 0.717) is 12.0 Å². The van der Waals surface area contributed by atoms with Gasteiger partial charge in [-0.15, -0.1) is 0 Å². The maximum absolute atomic E-state index is 12.5. The van der Waals surface area contributed by atoms with Gasteiger partial charge >= 0.3 is 6.18 Å². The fraction of sp³-hybridized carbons (Fsp3) is 0.286. The van der Waals surface area contributed by atoms with Gasteiger partial charge in [0.15, 0.2) is 0 Å². The van der Waals surface area contributed by atoms with Crippen LogP contribution >= 0.6 is 11.6 Å². The molecule has 0 radical (unpaired) electrons. The van der Waals surface area contributed by atoms with Crippen LogP contribution in [-0.2, 0) is 12.6 Å². The molecule has 2 rings (SSSR count). The predicted molar refractivity (Wildman–Crippen MR) is 72.6 cm³/mol. The number of hydrogen-bond donors (Lipinski definition) is 0. The molecule has 0 unspecified atom stereocenters. The molecular weight excluding hydrogens is 305 g/mol. The predicted octanol–water partition coefficient (Wildman–Crippen LogP) is 4.89. The van der Waals surface area contributed by atoms with Crippen molar-refractivity contribution in [1.82, 2.24) is 9.97 Å². The Balaban J connectivity index is 2.24. The van der Waals surface area contributed by atoms with Gasteiger partial charge in [-0.3, -0.25) is 0 Å². The molecule has 0 aliphatic heterocycles. The fourth-order valence-corrected chi connectivity index (χ4v) is 1.97. The van der Waals surface area contributed by atoms with E-state index in [1.54, 1.807) is 0 Å². The summed E-state index contributed by atoms with van der Waals surface area (Å²) >= 11 is 5.98. The molecule has 0 saturated heterocycles. The maximum Gasteiger partial charge on any atom is 0.416 e. The van der Waals surface area contributed by atoms with Crippen molar-refractivity contribution in [3.8, 4) is 11.6 Å². The van der Waals surface area contributed by atoms with Crippen LogP contribution < -0.4 is 4.74 Å². The number of benzene rings is 1. The first-order valence-corrected chi connectivity index (χ1v) is 6.64. The van der Waals surface area contributed by atoms with Gasteiger partial charge in [0.2, 0.25) is 5.88 Å². The zero-order chi connectivity index (χ0) is 15.5. The van der Waals surface area contributed by atoms with Crippen molar-refractivity contribution in [3.05, 3.63) is 46.9 Å². The average molecular weight is 317 g/mol. The molecule has 1 aromatic heterocycles. The van der Waals surface area contributed by atoms with Crippen molar-refractivity contribution in [2.24, 2.45) is 0 Å². The molecule has 112 valence electrons. The van der Waals surface area contributed by atoms with E-state index >= 15 is 0 Å². The van der Waals surface area contributed by atoms with E-state index in [0.717, 1.165) is 18.6 Å². The topological polar surface area (TPSA) is 35.0 Å².